The molecule has 1 heterocycles. The second-order valence-corrected chi connectivity index (χ2v) is 6.42. The molecule has 3 rings (SSSR count). The number of rotatable bonds is 4. The zero-order chi connectivity index (χ0) is 17.3. The summed E-state index contributed by atoms with van der Waals surface area (Å²) in [6, 6.07) is 6.54. The third kappa shape index (κ3) is 3.83. The zero-order valence-electron chi connectivity index (χ0n) is 13.5. The molecule has 1 aromatic rings. The summed E-state index contributed by atoms with van der Waals surface area (Å²) in [6.45, 7) is 1.41. The molecular formula is C17H21F3N2O2. The van der Waals surface area contributed by atoms with Gasteiger partial charge >= 0.3 is 6.36 Å². The van der Waals surface area contributed by atoms with Crippen molar-refractivity contribution in [2.24, 2.45) is 5.92 Å². The van der Waals surface area contributed by atoms with Gasteiger partial charge in [0.2, 0.25) is 5.91 Å². The number of alkyl halides is 3. The highest BCUT2D eigenvalue weighted by Gasteiger charge is 2.48. The normalized spacial score (nSPS) is 24.8. The van der Waals surface area contributed by atoms with Gasteiger partial charge in [-0.1, -0.05) is 18.2 Å². The largest absolute Gasteiger partial charge is 0.573 e. The van der Waals surface area contributed by atoms with Crippen LogP contribution in [0.5, 0.6) is 5.75 Å². The van der Waals surface area contributed by atoms with Crippen LogP contribution < -0.4 is 10.1 Å². The maximum absolute atomic E-state index is 12.6. The number of amides is 1. The number of nitrogens with one attached hydrogen (secondary N) is 1. The maximum atomic E-state index is 12.6. The van der Waals surface area contributed by atoms with E-state index in [1.54, 1.807) is 12.1 Å². The molecular weight excluding hydrogens is 321 g/mol. The Morgan fingerprint density at radius 1 is 1.25 bits per heavy atom. The number of carbonyl (C=O) groups is 1. The second-order valence-electron chi connectivity index (χ2n) is 6.42. The average molecular weight is 342 g/mol. The van der Waals surface area contributed by atoms with Gasteiger partial charge in [-0.15, -0.1) is 13.2 Å². The van der Waals surface area contributed by atoms with Gasteiger partial charge in [0, 0.05) is 25.0 Å². The van der Waals surface area contributed by atoms with Crippen LogP contribution in [0, 0.1) is 5.92 Å². The molecule has 1 N–H and O–H groups in total. The topological polar surface area (TPSA) is 41.6 Å². The molecule has 1 aliphatic heterocycles. The average Bonchev–Trinajstić information content (AvgIpc) is 3.34. The lowest BCUT2D eigenvalue weighted by molar-refractivity contribution is -0.274. The number of hydrogen-bond acceptors (Lipinski definition) is 3. The molecule has 1 amide bonds. The van der Waals surface area contributed by atoms with Crippen LogP contribution in [-0.2, 0) is 4.79 Å². The van der Waals surface area contributed by atoms with Crippen LogP contribution >= 0.6 is 0 Å². The van der Waals surface area contributed by atoms with Gasteiger partial charge in [0.25, 0.3) is 0 Å². The fraction of sp³-hybridized carbons (Fsp3) is 0.588. The fourth-order valence-corrected chi connectivity index (χ4v) is 3.44. The molecule has 0 spiro atoms. The van der Waals surface area contributed by atoms with Gasteiger partial charge in [-0.05, 0) is 43.9 Å². The lowest BCUT2D eigenvalue weighted by Gasteiger charge is -2.32. The van der Waals surface area contributed by atoms with Crippen molar-refractivity contribution in [3.63, 3.8) is 0 Å². The molecule has 0 radical (unpaired) electrons. The smallest absolute Gasteiger partial charge is 0.405 e. The molecule has 1 saturated carbocycles. The molecule has 2 unspecified atom stereocenters. The van der Waals surface area contributed by atoms with Crippen molar-refractivity contribution >= 4 is 5.91 Å². The minimum absolute atomic E-state index is 0.0522. The molecule has 132 valence electrons. The van der Waals surface area contributed by atoms with E-state index >= 15 is 0 Å². The Morgan fingerprint density at radius 3 is 2.54 bits per heavy atom. The van der Waals surface area contributed by atoms with Crippen LogP contribution in [0.4, 0.5) is 13.2 Å². The molecule has 2 fully saturated rings. The molecule has 0 aromatic heterocycles. The van der Waals surface area contributed by atoms with Crippen molar-refractivity contribution in [1.29, 1.82) is 0 Å². The highest BCUT2D eigenvalue weighted by Crippen LogP contribution is 2.51. The SMILES string of the molecule is CNC1CCN(C(=O)C2CC2c2ccccc2OC(F)(F)F)CC1. The van der Waals surface area contributed by atoms with Crippen LogP contribution in [-0.4, -0.2) is 43.3 Å². The molecule has 1 aromatic carbocycles. The van der Waals surface area contributed by atoms with Gasteiger partial charge < -0.3 is 15.0 Å². The van der Waals surface area contributed by atoms with Crippen LogP contribution in [0.15, 0.2) is 24.3 Å². The van der Waals surface area contributed by atoms with E-state index in [0.29, 0.717) is 31.1 Å². The van der Waals surface area contributed by atoms with E-state index in [-0.39, 0.29) is 23.5 Å². The van der Waals surface area contributed by atoms with Crippen LogP contribution in [0.1, 0.15) is 30.7 Å². The molecule has 0 bridgehead atoms. The van der Waals surface area contributed by atoms with Gasteiger partial charge in [0.15, 0.2) is 0 Å². The van der Waals surface area contributed by atoms with E-state index < -0.39 is 6.36 Å². The lowest BCUT2D eigenvalue weighted by Crippen LogP contribution is -2.44. The van der Waals surface area contributed by atoms with Crippen LogP contribution in [0.25, 0.3) is 0 Å². The first kappa shape index (κ1) is 17.1. The van der Waals surface area contributed by atoms with Gasteiger partial charge in [-0.3, -0.25) is 4.79 Å². The molecule has 1 saturated heterocycles. The Balaban J connectivity index is 1.64. The summed E-state index contributed by atoms with van der Waals surface area (Å²) in [6.07, 6.45) is -2.32. The minimum Gasteiger partial charge on any atom is -0.405 e. The summed E-state index contributed by atoms with van der Waals surface area (Å²) in [5, 5.41) is 3.21. The summed E-state index contributed by atoms with van der Waals surface area (Å²) >= 11 is 0. The number of hydrogen-bond donors (Lipinski definition) is 1. The molecule has 4 nitrogen and oxygen atoms in total. The number of halogens is 3. The van der Waals surface area contributed by atoms with Crippen molar-refractivity contribution in [2.45, 2.75) is 37.6 Å². The Bertz CT molecular complexity index is 598. The number of likely N-dealkylation sites (tertiary alicyclic amines) is 1. The molecule has 24 heavy (non-hydrogen) atoms. The first-order valence-corrected chi connectivity index (χ1v) is 8.20. The summed E-state index contributed by atoms with van der Waals surface area (Å²) in [5.74, 6) is -0.553. The first-order chi connectivity index (χ1) is 11.4. The van der Waals surface area contributed by atoms with Gasteiger partial charge in [-0.25, -0.2) is 0 Å². The minimum atomic E-state index is -4.72. The quantitative estimate of drug-likeness (QED) is 0.915. The standard InChI is InChI=1S/C17H21F3N2O2/c1-21-11-6-8-22(9-7-11)16(23)14-10-13(14)12-4-2-3-5-15(12)24-17(18,19)20/h2-5,11,13-14,21H,6-10H2,1H3. The monoisotopic (exact) mass is 342 g/mol. The summed E-state index contributed by atoms with van der Waals surface area (Å²) < 4.78 is 41.7. The molecule has 2 aliphatic rings. The van der Waals surface area contributed by atoms with Gasteiger partial charge in [0.05, 0.1) is 0 Å². The van der Waals surface area contributed by atoms with E-state index in [1.807, 2.05) is 11.9 Å². The Hall–Kier alpha value is -1.76. The Kier molecular flexibility index (Phi) is 4.71. The molecule has 2 atom stereocenters. The highest BCUT2D eigenvalue weighted by atomic mass is 19.4. The number of carbonyl (C=O) groups excluding carboxylic acids is 1. The van der Waals surface area contributed by atoms with Crippen LogP contribution in [0.3, 0.4) is 0 Å². The van der Waals surface area contributed by atoms with E-state index in [9.17, 15) is 18.0 Å². The second kappa shape index (κ2) is 6.63. The highest BCUT2D eigenvalue weighted by molar-refractivity contribution is 5.83. The maximum Gasteiger partial charge on any atom is 0.573 e. The van der Waals surface area contributed by atoms with Crippen molar-refractivity contribution in [3.8, 4) is 5.75 Å². The number of benzene rings is 1. The van der Waals surface area contributed by atoms with E-state index in [4.69, 9.17) is 0 Å². The van der Waals surface area contributed by atoms with Crippen molar-refractivity contribution in [2.75, 3.05) is 20.1 Å². The number of para-hydroxylation sites is 1. The summed E-state index contributed by atoms with van der Waals surface area (Å²) in [7, 11) is 1.91. The first-order valence-electron chi connectivity index (χ1n) is 8.20. The van der Waals surface area contributed by atoms with Gasteiger partial charge in [-0.2, -0.15) is 0 Å². The van der Waals surface area contributed by atoms with E-state index in [1.165, 1.54) is 12.1 Å². The predicted molar refractivity (Wildman–Crippen MR) is 82.6 cm³/mol. The van der Waals surface area contributed by atoms with E-state index in [2.05, 4.69) is 10.1 Å². The van der Waals surface area contributed by atoms with E-state index in [0.717, 1.165) is 12.8 Å². The Morgan fingerprint density at radius 2 is 1.92 bits per heavy atom. The van der Waals surface area contributed by atoms with Crippen LogP contribution in [0.2, 0.25) is 0 Å². The number of nitrogens with zero attached hydrogens (tertiary/aromatic N) is 1. The number of ether oxygens (including phenoxy) is 1. The number of piperidine rings is 1. The van der Waals surface area contributed by atoms with Crippen molar-refractivity contribution in [3.05, 3.63) is 29.8 Å². The Labute approximate surface area is 139 Å². The van der Waals surface area contributed by atoms with Gasteiger partial charge in [0.1, 0.15) is 5.75 Å². The summed E-state index contributed by atoms with van der Waals surface area (Å²) in [4.78, 5) is 14.4. The third-order valence-electron chi connectivity index (χ3n) is 4.87. The van der Waals surface area contributed by atoms with Crippen molar-refractivity contribution in [1.82, 2.24) is 10.2 Å². The zero-order valence-corrected chi connectivity index (χ0v) is 13.5. The molecule has 1 aliphatic carbocycles. The summed E-state index contributed by atoms with van der Waals surface area (Å²) in [5.41, 5.74) is 0.471. The lowest BCUT2D eigenvalue weighted by atomic mass is 10.0. The molecule has 7 heteroatoms. The third-order valence-corrected chi connectivity index (χ3v) is 4.87. The van der Waals surface area contributed by atoms with Crippen molar-refractivity contribution < 1.29 is 22.7 Å². The fourth-order valence-electron chi connectivity index (χ4n) is 3.44. The predicted octanol–water partition coefficient (Wildman–Crippen LogP) is 2.90.